The molecule has 1 aromatic rings. The topological polar surface area (TPSA) is 48.0 Å². The molecular weight excluding hydrogens is 342 g/mol. The highest BCUT2D eigenvalue weighted by molar-refractivity contribution is 5.82. The lowest BCUT2D eigenvalue weighted by atomic mass is 9.66. The molecule has 5 nitrogen and oxygen atoms in total. The smallest absolute Gasteiger partial charge is 0.223 e. The highest BCUT2D eigenvalue weighted by Crippen LogP contribution is 2.58. The van der Waals surface area contributed by atoms with Crippen molar-refractivity contribution < 1.29 is 19.0 Å². The first-order chi connectivity index (χ1) is 12.8. The fraction of sp³-hybridized carbons (Fsp3) is 0.682. The molecule has 2 aliphatic heterocycles. The molecule has 148 valence electrons. The Morgan fingerprint density at radius 1 is 1.11 bits per heavy atom. The lowest BCUT2D eigenvalue weighted by molar-refractivity contribution is -0.142. The van der Waals surface area contributed by atoms with Gasteiger partial charge in [0.25, 0.3) is 0 Å². The van der Waals surface area contributed by atoms with Crippen LogP contribution in [-0.4, -0.2) is 37.2 Å². The molecule has 0 radical (unpaired) electrons. The molecule has 0 bridgehead atoms. The number of rotatable bonds is 3. The fourth-order valence-electron chi connectivity index (χ4n) is 5.49. The molecule has 2 fully saturated rings. The molecule has 2 heterocycles. The minimum Gasteiger partial charge on any atom is -0.493 e. The summed E-state index contributed by atoms with van der Waals surface area (Å²) in [5, 5.41) is 0. The molecule has 0 aromatic heterocycles. The molecule has 3 aliphatic rings. The number of carbonyl (C=O) groups excluding carboxylic acids is 1. The molecule has 1 amide bonds. The van der Waals surface area contributed by atoms with Crippen molar-refractivity contribution in [3.63, 3.8) is 0 Å². The van der Waals surface area contributed by atoms with E-state index in [1.54, 1.807) is 14.2 Å². The van der Waals surface area contributed by atoms with Gasteiger partial charge in [-0.1, -0.05) is 12.8 Å². The van der Waals surface area contributed by atoms with Crippen molar-refractivity contribution in [2.75, 3.05) is 20.8 Å². The van der Waals surface area contributed by atoms with Gasteiger partial charge < -0.3 is 19.1 Å². The van der Waals surface area contributed by atoms with E-state index in [4.69, 9.17) is 14.2 Å². The van der Waals surface area contributed by atoms with Gasteiger partial charge in [-0.05, 0) is 62.8 Å². The lowest BCUT2D eigenvalue weighted by Crippen LogP contribution is -2.54. The Kier molecular flexibility index (Phi) is 4.41. The quantitative estimate of drug-likeness (QED) is 0.797. The number of hydrogen-bond acceptors (Lipinski definition) is 4. The summed E-state index contributed by atoms with van der Waals surface area (Å²) in [6.45, 7) is 6.81. The van der Waals surface area contributed by atoms with Crippen LogP contribution in [0.4, 0.5) is 0 Å². The van der Waals surface area contributed by atoms with Crippen molar-refractivity contribution in [1.29, 1.82) is 0 Å². The van der Waals surface area contributed by atoms with Crippen LogP contribution in [0.3, 0.4) is 0 Å². The van der Waals surface area contributed by atoms with Crippen LogP contribution < -0.4 is 9.47 Å². The van der Waals surface area contributed by atoms with Crippen molar-refractivity contribution in [3.8, 4) is 11.5 Å². The van der Waals surface area contributed by atoms with E-state index in [-0.39, 0.29) is 23.2 Å². The third-order valence-electron chi connectivity index (χ3n) is 6.45. The summed E-state index contributed by atoms with van der Waals surface area (Å²) >= 11 is 0. The normalized spacial score (nSPS) is 29.8. The molecule has 5 heteroatoms. The Morgan fingerprint density at radius 2 is 1.81 bits per heavy atom. The van der Waals surface area contributed by atoms with Gasteiger partial charge in [0.15, 0.2) is 11.5 Å². The highest BCUT2D eigenvalue weighted by Gasteiger charge is 2.58. The van der Waals surface area contributed by atoms with E-state index in [1.807, 2.05) is 0 Å². The van der Waals surface area contributed by atoms with E-state index in [0.29, 0.717) is 18.9 Å². The molecule has 1 saturated carbocycles. The third-order valence-corrected chi connectivity index (χ3v) is 6.45. The second-order valence-corrected chi connectivity index (χ2v) is 9.09. The van der Waals surface area contributed by atoms with Crippen LogP contribution in [0, 0.1) is 5.92 Å². The van der Waals surface area contributed by atoms with Crippen molar-refractivity contribution in [3.05, 3.63) is 23.3 Å². The summed E-state index contributed by atoms with van der Waals surface area (Å²) in [5.74, 6) is 2.10. The molecule has 1 saturated heterocycles. The van der Waals surface area contributed by atoms with Crippen LogP contribution in [0.5, 0.6) is 11.5 Å². The molecule has 1 aliphatic carbocycles. The molecule has 0 N–H and O–H groups in total. The first kappa shape index (κ1) is 18.6. The highest BCUT2D eigenvalue weighted by atomic mass is 16.5. The van der Waals surface area contributed by atoms with Gasteiger partial charge in [-0.15, -0.1) is 0 Å². The van der Waals surface area contributed by atoms with Gasteiger partial charge in [0.1, 0.15) is 6.10 Å². The molecule has 4 rings (SSSR count). The van der Waals surface area contributed by atoms with Crippen molar-refractivity contribution >= 4 is 5.91 Å². The first-order valence-electron chi connectivity index (χ1n) is 10.0. The van der Waals surface area contributed by atoms with Gasteiger partial charge in [0, 0.05) is 6.42 Å². The maximum absolute atomic E-state index is 13.0. The van der Waals surface area contributed by atoms with Gasteiger partial charge in [0.05, 0.1) is 31.9 Å². The average Bonchev–Trinajstić information content (AvgIpc) is 2.92. The van der Waals surface area contributed by atoms with Gasteiger partial charge >= 0.3 is 0 Å². The summed E-state index contributed by atoms with van der Waals surface area (Å²) in [7, 11) is 3.34. The molecular formula is C22H31NO4. The zero-order valence-corrected chi connectivity index (χ0v) is 17.1. The Morgan fingerprint density at radius 3 is 2.48 bits per heavy atom. The van der Waals surface area contributed by atoms with Crippen LogP contribution in [0.2, 0.25) is 0 Å². The SMILES string of the molecule is COc1cc2c(cc1OC)[C@]13CCCC[C@H]1CC(=O)N3C[C@@H]2OC(C)(C)C. The summed E-state index contributed by atoms with van der Waals surface area (Å²) in [5.41, 5.74) is 1.85. The number of benzene rings is 1. The largest absolute Gasteiger partial charge is 0.493 e. The van der Waals surface area contributed by atoms with Crippen LogP contribution in [0.15, 0.2) is 12.1 Å². The average molecular weight is 373 g/mol. The Labute approximate surface area is 162 Å². The molecule has 1 spiro atoms. The second-order valence-electron chi connectivity index (χ2n) is 9.09. The van der Waals surface area contributed by atoms with Gasteiger partial charge in [-0.25, -0.2) is 0 Å². The van der Waals surface area contributed by atoms with E-state index >= 15 is 0 Å². The maximum atomic E-state index is 13.0. The number of methoxy groups -OCH3 is 2. The monoisotopic (exact) mass is 373 g/mol. The predicted octanol–water partition coefficient (Wildman–Crippen LogP) is 4.19. The van der Waals surface area contributed by atoms with Crippen LogP contribution in [0.1, 0.15) is 70.1 Å². The maximum Gasteiger partial charge on any atom is 0.223 e. The van der Waals surface area contributed by atoms with Gasteiger partial charge in [0.2, 0.25) is 5.91 Å². The zero-order chi connectivity index (χ0) is 19.4. The van der Waals surface area contributed by atoms with E-state index < -0.39 is 0 Å². The van der Waals surface area contributed by atoms with E-state index in [2.05, 4.69) is 37.8 Å². The number of fused-ring (bicyclic) bond motifs is 1. The van der Waals surface area contributed by atoms with E-state index in [1.165, 1.54) is 12.0 Å². The summed E-state index contributed by atoms with van der Waals surface area (Å²) in [6.07, 6.45) is 4.98. The van der Waals surface area contributed by atoms with Crippen LogP contribution in [-0.2, 0) is 15.1 Å². The Balaban J connectivity index is 1.92. The first-order valence-corrected chi connectivity index (χ1v) is 10.0. The van der Waals surface area contributed by atoms with Crippen molar-refractivity contribution in [2.24, 2.45) is 5.92 Å². The second kappa shape index (κ2) is 6.40. The van der Waals surface area contributed by atoms with Crippen molar-refractivity contribution in [1.82, 2.24) is 4.90 Å². The van der Waals surface area contributed by atoms with Gasteiger partial charge in [-0.2, -0.15) is 0 Å². The predicted molar refractivity (Wildman–Crippen MR) is 103 cm³/mol. The number of ether oxygens (including phenoxy) is 3. The third kappa shape index (κ3) is 2.82. The molecule has 1 aromatic carbocycles. The Hall–Kier alpha value is -1.75. The van der Waals surface area contributed by atoms with Crippen molar-refractivity contribution in [2.45, 2.75) is 70.1 Å². The summed E-state index contributed by atoms with van der Waals surface area (Å²) in [6, 6.07) is 4.18. The summed E-state index contributed by atoms with van der Waals surface area (Å²) in [4.78, 5) is 15.1. The standard InChI is InChI=1S/C22H31NO4/c1-21(2,3)27-19-13-23-20(24)10-14-8-6-7-9-22(14,23)16-12-18(26-5)17(25-4)11-15(16)19/h11-12,14,19H,6-10,13H2,1-5H3/t14-,19-,22-/m0/s1. The van der Waals surface area contributed by atoms with Gasteiger partial charge in [-0.3, -0.25) is 4.79 Å². The summed E-state index contributed by atoms with van der Waals surface area (Å²) < 4.78 is 17.6. The number of hydrogen-bond donors (Lipinski definition) is 0. The molecule has 27 heavy (non-hydrogen) atoms. The molecule has 3 atom stereocenters. The number of carbonyl (C=O) groups is 1. The number of amides is 1. The minimum atomic E-state index is -0.297. The van der Waals surface area contributed by atoms with Crippen LogP contribution in [0.25, 0.3) is 0 Å². The molecule has 0 unspecified atom stereocenters. The fourth-order valence-corrected chi connectivity index (χ4v) is 5.49. The minimum absolute atomic E-state index is 0.157. The number of nitrogens with zero attached hydrogens (tertiary/aromatic N) is 1. The lowest BCUT2D eigenvalue weighted by Gasteiger charge is -2.52. The van der Waals surface area contributed by atoms with E-state index in [0.717, 1.165) is 36.3 Å². The van der Waals surface area contributed by atoms with E-state index in [9.17, 15) is 4.79 Å². The van der Waals surface area contributed by atoms with Crippen LogP contribution >= 0.6 is 0 Å². The Bertz CT molecular complexity index is 753. The zero-order valence-electron chi connectivity index (χ0n) is 17.1.